The summed E-state index contributed by atoms with van der Waals surface area (Å²) in [7, 11) is 1.69. The number of carboxylic acid groups (broad SMARTS) is 1. The number of nitrogens with zero attached hydrogens (tertiary/aromatic N) is 3. The minimum atomic E-state index is -0.327. The molecule has 1 N–H and O–H groups in total. The van der Waals surface area contributed by atoms with Crippen LogP contribution in [0.1, 0.15) is 30.4 Å². The van der Waals surface area contributed by atoms with Crippen LogP contribution in [0, 0.1) is 5.41 Å². The number of hydrogen-bond donors (Lipinski definition) is 1. The molecule has 2 aliphatic rings. The van der Waals surface area contributed by atoms with Gasteiger partial charge in [-0.05, 0) is 55.0 Å². The molecular formula is C24H31N3O4. The second-order valence-corrected chi connectivity index (χ2v) is 8.27. The van der Waals surface area contributed by atoms with Crippen LogP contribution < -0.4 is 4.74 Å². The maximum absolute atomic E-state index is 13.5. The normalized spacial score (nSPS) is 17.6. The van der Waals surface area contributed by atoms with Gasteiger partial charge in [0.1, 0.15) is 5.75 Å². The molecule has 7 heteroatoms. The Morgan fingerprint density at radius 3 is 2.52 bits per heavy atom. The fourth-order valence-corrected chi connectivity index (χ4v) is 4.60. The van der Waals surface area contributed by atoms with E-state index >= 15 is 0 Å². The summed E-state index contributed by atoms with van der Waals surface area (Å²) in [6.07, 6.45) is 7.96. The Morgan fingerprint density at radius 2 is 1.87 bits per heavy atom. The molecular weight excluding hydrogens is 394 g/mol. The van der Waals surface area contributed by atoms with E-state index in [0.717, 1.165) is 57.7 Å². The first kappa shape index (κ1) is 22.7. The van der Waals surface area contributed by atoms with Gasteiger partial charge in [0.25, 0.3) is 6.47 Å². The molecule has 7 nitrogen and oxygen atoms in total. The fraction of sp³-hybridized carbons (Fsp3) is 0.458. The Hall–Kier alpha value is -2.93. The molecule has 0 spiro atoms. The summed E-state index contributed by atoms with van der Waals surface area (Å²) in [6, 6.07) is 12.2. The molecule has 4 rings (SSSR count). The van der Waals surface area contributed by atoms with Crippen LogP contribution in [-0.2, 0) is 22.6 Å². The molecule has 0 radical (unpaired) electrons. The Balaban J connectivity index is 0.000000858. The number of methoxy groups -OCH3 is 1. The third-order valence-electron chi connectivity index (χ3n) is 5.96. The summed E-state index contributed by atoms with van der Waals surface area (Å²) in [4.78, 5) is 30.6. The number of rotatable bonds is 6. The van der Waals surface area contributed by atoms with Crippen LogP contribution in [0.3, 0.4) is 0 Å². The van der Waals surface area contributed by atoms with E-state index in [1.165, 1.54) is 17.5 Å². The fourth-order valence-electron chi connectivity index (χ4n) is 4.60. The number of carbonyl (C=O) groups is 2. The van der Waals surface area contributed by atoms with E-state index in [2.05, 4.69) is 33.0 Å². The predicted octanol–water partition coefficient (Wildman–Crippen LogP) is 2.85. The Bertz CT molecular complexity index is 847. The van der Waals surface area contributed by atoms with Gasteiger partial charge in [0, 0.05) is 45.1 Å². The van der Waals surface area contributed by atoms with Crippen molar-refractivity contribution < 1.29 is 19.4 Å². The number of likely N-dealkylation sites (tertiary alicyclic amines) is 2. The number of benzene rings is 1. The van der Waals surface area contributed by atoms with Crippen molar-refractivity contribution in [3.8, 4) is 5.75 Å². The first-order chi connectivity index (χ1) is 15.1. The highest BCUT2D eigenvalue weighted by atomic mass is 16.5. The van der Waals surface area contributed by atoms with Crippen LogP contribution in [-0.4, -0.2) is 65.6 Å². The van der Waals surface area contributed by atoms with Crippen LogP contribution >= 0.6 is 0 Å². The lowest BCUT2D eigenvalue weighted by Gasteiger charge is -2.51. The van der Waals surface area contributed by atoms with Gasteiger partial charge in [0.15, 0.2) is 0 Å². The van der Waals surface area contributed by atoms with Crippen LogP contribution in [0.5, 0.6) is 5.75 Å². The van der Waals surface area contributed by atoms with Crippen LogP contribution in [0.25, 0.3) is 0 Å². The molecule has 2 fully saturated rings. The number of hydrogen-bond acceptors (Lipinski definition) is 5. The molecule has 1 amide bonds. The number of pyridine rings is 1. The van der Waals surface area contributed by atoms with Gasteiger partial charge in [-0.25, -0.2) is 0 Å². The third kappa shape index (κ3) is 5.82. The quantitative estimate of drug-likeness (QED) is 0.717. The SMILES string of the molecule is COc1cccc(CC2(C(=O)N3CCCCC3)CN(Cc3cccnc3)C2)c1.O=CO. The van der Waals surface area contributed by atoms with E-state index in [4.69, 9.17) is 14.6 Å². The van der Waals surface area contributed by atoms with Crippen molar-refractivity contribution in [3.63, 3.8) is 0 Å². The highest BCUT2D eigenvalue weighted by Gasteiger charge is 2.50. The lowest BCUT2D eigenvalue weighted by Crippen LogP contribution is -2.64. The van der Waals surface area contributed by atoms with E-state index in [1.807, 2.05) is 24.4 Å². The second kappa shape index (κ2) is 10.9. The van der Waals surface area contributed by atoms with E-state index in [9.17, 15) is 4.79 Å². The zero-order valence-electron chi connectivity index (χ0n) is 18.1. The smallest absolute Gasteiger partial charge is 0.290 e. The molecule has 0 bridgehead atoms. The highest BCUT2D eigenvalue weighted by Crippen LogP contribution is 2.38. The van der Waals surface area contributed by atoms with Crippen LogP contribution in [0.2, 0.25) is 0 Å². The number of ether oxygens (including phenoxy) is 1. The van der Waals surface area contributed by atoms with Gasteiger partial charge in [-0.3, -0.25) is 19.5 Å². The predicted molar refractivity (Wildman–Crippen MR) is 118 cm³/mol. The molecule has 166 valence electrons. The monoisotopic (exact) mass is 425 g/mol. The third-order valence-corrected chi connectivity index (χ3v) is 5.96. The molecule has 0 saturated carbocycles. The van der Waals surface area contributed by atoms with Gasteiger partial charge in [-0.1, -0.05) is 18.2 Å². The summed E-state index contributed by atoms with van der Waals surface area (Å²) in [6.45, 7) is 4.01. The van der Waals surface area contributed by atoms with Gasteiger partial charge < -0.3 is 14.7 Å². The molecule has 2 aromatic rings. The Kier molecular flexibility index (Phi) is 8.00. The average Bonchev–Trinajstić information content (AvgIpc) is 2.79. The minimum absolute atomic E-state index is 0.250. The number of piperidine rings is 1. The number of aromatic nitrogens is 1. The van der Waals surface area contributed by atoms with Crippen molar-refractivity contribution in [1.29, 1.82) is 0 Å². The van der Waals surface area contributed by atoms with Crippen molar-refractivity contribution in [3.05, 3.63) is 59.9 Å². The van der Waals surface area contributed by atoms with Crippen molar-refractivity contribution in [2.75, 3.05) is 33.3 Å². The summed E-state index contributed by atoms with van der Waals surface area (Å²) >= 11 is 0. The Labute approximate surface area is 183 Å². The summed E-state index contributed by atoms with van der Waals surface area (Å²) in [5, 5.41) is 6.89. The van der Waals surface area contributed by atoms with Crippen LogP contribution in [0.4, 0.5) is 0 Å². The van der Waals surface area contributed by atoms with Gasteiger partial charge in [0.2, 0.25) is 5.91 Å². The standard InChI is InChI=1S/C23H29N3O2.CH2O2/c1-28-21-9-5-7-19(13-21)14-23(22(27)26-11-3-2-4-12-26)17-25(18-23)16-20-8-6-10-24-15-20;2-1-3/h5-10,13,15H,2-4,11-12,14,16-18H2,1H3;1H,(H,2,3). The zero-order valence-corrected chi connectivity index (χ0v) is 18.1. The summed E-state index contributed by atoms with van der Waals surface area (Å²) in [5.74, 6) is 1.18. The van der Waals surface area contributed by atoms with Gasteiger partial charge in [-0.15, -0.1) is 0 Å². The van der Waals surface area contributed by atoms with Gasteiger partial charge in [-0.2, -0.15) is 0 Å². The van der Waals surface area contributed by atoms with E-state index in [-0.39, 0.29) is 11.9 Å². The highest BCUT2D eigenvalue weighted by molar-refractivity contribution is 5.85. The first-order valence-corrected chi connectivity index (χ1v) is 10.7. The molecule has 1 aromatic heterocycles. The molecule has 2 saturated heterocycles. The summed E-state index contributed by atoms with van der Waals surface area (Å²) in [5.41, 5.74) is 2.04. The number of amides is 1. The molecule has 0 aliphatic carbocycles. The summed E-state index contributed by atoms with van der Waals surface area (Å²) < 4.78 is 5.39. The maximum Gasteiger partial charge on any atom is 0.290 e. The number of carbonyl (C=O) groups excluding carboxylic acids is 1. The van der Waals surface area contributed by atoms with Crippen molar-refractivity contribution in [2.45, 2.75) is 32.2 Å². The second-order valence-electron chi connectivity index (χ2n) is 8.27. The van der Waals surface area contributed by atoms with Crippen molar-refractivity contribution in [2.24, 2.45) is 5.41 Å². The molecule has 31 heavy (non-hydrogen) atoms. The minimum Gasteiger partial charge on any atom is -0.497 e. The van der Waals surface area contributed by atoms with E-state index in [1.54, 1.807) is 13.3 Å². The zero-order chi connectivity index (χ0) is 22.1. The molecule has 3 heterocycles. The van der Waals surface area contributed by atoms with E-state index in [0.29, 0.717) is 5.91 Å². The Morgan fingerprint density at radius 1 is 1.16 bits per heavy atom. The lowest BCUT2D eigenvalue weighted by atomic mass is 9.73. The lowest BCUT2D eigenvalue weighted by molar-refractivity contribution is -0.155. The molecule has 2 aliphatic heterocycles. The van der Waals surface area contributed by atoms with Gasteiger partial charge in [0.05, 0.1) is 12.5 Å². The maximum atomic E-state index is 13.5. The van der Waals surface area contributed by atoms with Gasteiger partial charge >= 0.3 is 0 Å². The molecule has 1 aromatic carbocycles. The molecule has 0 unspecified atom stereocenters. The average molecular weight is 426 g/mol. The largest absolute Gasteiger partial charge is 0.497 e. The van der Waals surface area contributed by atoms with E-state index < -0.39 is 0 Å². The topological polar surface area (TPSA) is 83.0 Å². The van der Waals surface area contributed by atoms with Crippen molar-refractivity contribution >= 4 is 12.4 Å². The van der Waals surface area contributed by atoms with Crippen molar-refractivity contribution in [1.82, 2.24) is 14.8 Å². The molecule has 0 atom stereocenters. The first-order valence-electron chi connectivity index (χ1n) is 10.7. The van der Waals surface area contributed by atoms with Crippen LogP contribution in [0.15, 0.2) is 48.8 Å².